The molecule has 1 unspecified atom stereocenters. The molecule has 1 N–H and O–H groups in total. The first kappa shape index (κ1) is 13.3. The number of aliphatic hydroxyl groups is 1. The summed E-state index contributed by atoms with van der Waals surface area (Å²) in [6, 6.07) is 0. The van der Waals surface area contributed by atoms with Crippen LogP contribution in [-0.4, -0.2) is 49.5 Å². The van der Waals surface area contributed by atoms with Crippen LogP contribution < -0.4 is 0 Å². The molecule has 0 aliphatic carbocycles. The highest BCUT2D eigenvalue weighted by atomic mass is 16.5. The molecule has 2 aliphatic rings. The van der Waals surface area contributed by atoms with E-state index in [0.29, 0.717) is 0 Å². The van der Waals surface area contributed by atoms with Crippen LogP contribution in [0, 0.1) is 11.3 Å². The third-order valence-electron chi connectivity index (χ3n) is 4.35. The van der Waals surface area contributed by atoms with Crippen molar-refractivity contribution >= 4 is 0 Å². The van der Waals surface area contributed by atoms with Gasteiger partial charge in [-0.15, -0.1) is 0 Å². The molecule has 0 bridgehead atoms. The molecule has 17 heavy (non-hydrogen) atoms. The zero-order chi connectivity index (χ0) is 12.1. The molecule has 1 atom stereocenters. The fraction of sp³-hybridized carbons (Fsp3) is 1.00. The van der Waals surface area contributed by atoms with Crippen LogP contribution in [0.2, 0.25) is 0 Å². The first-order chi connectivity index (χ1) is 8.28. The van der Waals surface area contributed by atoms with E-state index < -0.39 is 0 Å². The van der Waals surface area contributed by atoms with Crippen LogP contribution in [0.3, 0.4) is 0 Å². The number of aliphatic hydroxyl groups excluding tert-OH is 1. The highest BCUT2D eigenvalue weighted by molar-refractivity contribution is 4.88. The lowest BCUT2D eigenvalue weighted by atomic mass is 9.86. The summed E-state index contributed by atoms with van der Waals surface area (Å²) in [7, 11) is 0. The molecule has 2 heterocycles. The monoisotopic (exact) mass is 241 g/mol. The van der Waals surface area contributed by atoms with Crippen LogP contribution in [0.5, 0.6) is 0 Å². The molecule has 0 aromatic rings. The molecule has 3 nitrogen and oxygen atoms in total. The molecule has 0 aromatic carbocycles. The second-order valence-corrected chi connectivity index (χ2v) is 6.01. The van der Waals surface area contributed by atoms with E-state index in [9.17, 15) is 5.11 Å². The SMILES string of the molecule is CCCC1CCCN(CC2(CO)COC2)CC1. The summed E-state index contributed by atoms with van der Waals surface area (Å²) in [5, 5.41) is 9.47. The molecule has 2 saturated heterocycles. The molecule has 2 fully saturated rings. The van der Waals surface area contributed by atoms with Crippen molar-refractivity contribution in [3.05, 3.63) is 0 Å². The summed E-state index contributed by atoms with van der Waals surface area (Å²) in [4.78, 5) is 2.55. The van der Waals surface area contributed by atoms with Gasteiger partial charge in [0.1, 0.15) is 0 Å². The van der Waals surface area contributed by atoms with E-state index >= 15 is 0 Å². The van der Waals surface area contributed by atoms with E-state index in [4.69, 9.17) is 4.74 Å². The van der Waals surface area contributed by atoms with Gasteiger partial charge in [-0.2, -0.15) is 0 Å². The summed E-state index contributed by atoms with van der Waals surface area (Å²) in [5.41, 5.74) is 0.0601. The van der Waals surface area contributed by atoms with Crippen LogP contribution in [0.25, 0.3) is 0 Å². The Balaban J connectivity index is 1.78. The molecule has 3 heteroatoms. The van der Waals surface area contributed by atoms with Crippen molar-refractivity contribution in [3.63, 3.8) is 0 Å². The minimum atomic E-state index is 0.0601. The van der Waals surface area contributed by atoms with Crippen molar-refractivity contribution in [1.29, 1.82) is 0 Å². The smallest absolute Gasteiger partial charge is 0.0579 e. The lowest BCUT2D eigenvalue weighted by molar-refractivity contribution is -0.148. The Morgan fingerprint density at radius 3 is 2.71 bits per heavy atom. The van der Waals surface area contributed by atoms with E-state index in [2.05, 4.69) is 11.8 Å². The first-order valence-electron chi connectivity index (χ1n) is 7.19. The average Bonchev–Trinajstić information content (AvgIpc) is 2.50. The van der Waals surface area contributed by atoms with Gasteiger partial charge in [0.15, 0.2) is 0 Å². The highest BCUT2D eigenvalue weighted by Crippen LogP contribution is 2.30. The van der Waals surface area contributed by atoms with Gasteiger partial charge in [-0.25, -0.2) is 0 Å². The van der Waals surface area contributed by atoms with E-state index in [1.54, 1.807) is 0 Å². The van der Waals surface area contributed by atoms with Gasteiger partial charge in [0.25, 0.3) is 0 Å². The highest BCUT2D eigenvalue weighted by Gasteiger charge is 2.39. The minimum Gasteiger partial charge on any atom is -0.396 e. The fourth-order valence-corrected chi connectivity index (χ4v) is 3.18. The van der Waals surface area contributed by atoms with Crippen LogP contribution in [0.4, 0.5) is 0 Å². The Hall–Kier alpha value is -0.120. The van der Waals surface area contributed by atoms with Crippen molar-refractivity contribution in [3.8, 4) is 0 Å². The maximum atomic E-state index is 9.47. The quantitative estimate of drug-likeness (QED) is 0.798. The van der Waals surface area contributed by atoms with Gasteiger partial charge in [0, 0.05) is 6.54 Å². The maximum Gasteiger partial charge on any atom is 0.0579 e. The standard InChI is InChI=1S/C14H27NO2/c1-2-4-13-5-3-7-15(8-6-13)9-14(10-16)11-17-12-14/h13,16H,2-12H2,1H3. The van der Waals surface area contributed by atoms with E-state index in [-0.39, 0.29) is 12.0 Å². The van der Waals surface area contributed by atoms with Crippen LogP contribution in [0.15, 0.2) is 0 Å². The number of hydrogen-bond acceptors (Lipinski definition) is 3. The Kier molecular flexibility index (Phi) is 4.83. The van der Waals surface area contributed by atoms with Crippen LogP contribution in [0.1, 0.15) is 39.0 Å². The maximum absolute atomic E-state index is 9.47. The first-order valence-corrected chi connectivity index (χ1v) is 7.19. The molecule has 0 saturated carbocycles. The van der Waals surface area contributed by atoms with E-state index in [1.165, 1.54) is 45.2 Å². The minimum absolute atomic E-state index is 0.0601. The van der Waals surface area contributed by atoms with Gasteiger partial charge >= 0.3 is 0 Å². The normalized spacial score (nSPS) is 29.6. The zero-order valence-electron chi connectivity index (χ0n) is 11.2. The Labute approximate surface area is 105 Å². The molecule has 0 aromatic heterocycles. The van der Waals surface area contributed by atoms with Crippen molar-refractivity contribution in [1.82, 2.24) is 4.90 Å². The number of ether oxygens (including phenoxy) is 1. The van der Waals surface area contributed by atoms with Crippen LogP contribution in [-0.2, 0) is 4.74 Å². The van der Waals surface area contributed by atoms with Crippen molar-refractivity contribution < 1.29 is 9.84 Å². The molecular weight excluding hydrogens is 214 g/mol. The van der Waals surface area contributed by atoms with Gasteiger partial charge in [-0.3, -0.25) is 0 Å². The summed E-state index contributed by atoms with van der Waals surface area (Å²) < 4.78 is 5.27. The Morgan fingerprint density at radius 1 is 1.29 bits per heavy atom. The third-order valence-corrected chi connectivity index (χ3v) is 4.35. The number of nitrogens with zero attached hydrogens (tertiary/aromatic N) is 1. The molecule has 2 aliphatic heterocycles. The molecule has 2 rings (SSSR count). The zero-order valence-corrected chi connectivity index (χ0v) is 11.2. The topological polar surface area (TPSA) is 32.7 Å². The third kappa shape index (κ3) is 3.43. The molecule has 0 radical (unpaired) electrons. The van der Waals surface area contributed by atoms with Crippen molar-refractivity contribution in [2.75, 3.05) is 39.5 Å². The summed E-state index contributed by atoms with van der Waals surface area (Å²) in [6.07, 6.45) is 6.78. The van der Waals surface area contributed by atoms with Gasteiger partial charge in [0.2, 0.25) is 0 Å². The van der Waals surface area contributed by atoms with E-state index in [1.807, 2.05) is 0 Å². The van der Waals surface area contributed by atoms with Gasteiger partial charge in [-0.05, 0) is 38.3 Å². The molecule has 0 spiro atoms. The predicted molar refractivity (Wildman–Crippen MR) is 69.0 cm³/mol. The van der Waals surface area contributed by atoms with Crippen molar-refractivity contribution in [2.24, 2.45) is 11.3 Å². The number of hydrogen-bond donors (Lipinski definition) is 1. The van der Waals surface area contributed by atoms with Crippen molar-refractivity contribution in [2.45, 2.75) is 39.0 Å². The lowest BCUT2D eigenvalue weighted by Crippen LogP contribution is -2.53. The predicted octanol–water partition coefficient (Wildman–Crippen LogP) is 1.90. The molecule has 0 amide bonds. The fourth-order valence-electron chi connectivity index (χ4n) is 3.18. The lowest BCUT2D eigenvalue weighted by Gasteiger charge is -2.43. The van der Waals surface area contributed by atoms with Gasteiger partial charge < -0.3 is 14.7 Å². The Bertz CT molecular complexity index is 223. The summed E-state index contributed by atoms with van der Waals surface area (Å²) >= 11 is 0. The van der Waals surface area contributed by atoms with Gasteiger partial charge in [0.05, 0.1) is 25.2 Å². The molecule has 100 valence electrons. The second-order valence-electron chi connectivity index (χ2n) is 6.01. The summed E-state index contributed by atoms with van der Waals surface area (Å²) in [5.74, 6) is 0.938. The Morgan fingerprint density at radius 2 is 2.12 bits per heavy atom. The number of likely N-dealkylation sites (tertiary alicyclic amines) is 1. The average molecular weight is 241 g/mol. The van der Waals surface area contributed by atoms with E-state index in [0.717, 1.165) is 25.7 Å². The summed E-state index contributed by atoms with van der Waals surface area (Å²) in [6.45, 7) is 7.52. The van der Waals surface area contributed by atoms with Gasteiger partial charge in [-0.1, -0.05) is 19.8 Å². The largest absolute Gasteiger partial charge is 0.396 e. The second kappa shape index (κ2) is 6.17. The van der Waals surface area contributed by atoms with Crippen LogP contribution >= 0.6 is 0 Å². The number of rotatable bonds is 5. The molecular formula is C14H27NO2.